The second-order valence-electron chi connectivity index (χ2n) is 9.33. The molecular formula is C27H25F2N5O3. The molecule has 1 aliphatic carbocycles. The van der Waals surface area contributed by atoms with Gasteiger partial charge in [0.1, 0.15) is 28.6 Å². The lowest BCUT2D eigenvalue weighted by atomic mass is 9.96. The number of aromatic nitrogens is 2. The highest BCUT2D eigenvalue weighted by molar-refractivity contribution is 6.03. The molecule has 1 saturated heterocycles. The van der Waals surface area contributed by atoms with E-state index in [2.05, 4.69) is 16.9 Å². The molecule has 1 spiro atoms. The third-order valence-corrected chi connectivity index (χ3v) is 7.00. The number of amides is 2. The number of ether oxygens (including phenoxy) is 1. The largest absolute Gasteiger partial charge is 0.454 e. The third-order valence-electron chi connectivity index (χ3n) is 7.00. The summed E-state index contributed by atoms with van der Waals surface area (Å²) in [4.78, 5) is 26.9. The van der Waals surface area contributed by atoms with Crippen molar-refractivity contribution >= 4 is 17.6 Å². The first-order valence-corrected chi connectivity index (χ1v) is 11.9. The van der Waals surface area contributed by atoms with Gasteiger partial charge in [0.05, 0.1) is 6.04 Å². The Labute approximate surface area is 212 Å². The smallest absolute Gasteiger partial charge is 0.298 e. The number of primary amides is 1. The van der Waals surface area contributed by atoms with E-state index in [1.54, 1.807) is 35.9 Å². The van der Waals surface area contributed by atoms with Gasteiger partial charge in [-0.2, -0.15) is 5.10 Å². The molecule has 2 fully saturated rings. The van der Waals surface area contributed by atoms with Gasteiger partial charge < -0.3 is 21.1 Å². The van der Waals surface area contributed by atoms with E-state index in [1.807, 2.05) is 4.90 Å². The van der Waals surface area contributed by atoms with Crippen LogP contribution in [0.25, 0.3) is 11.3 Å². The van der Waals surface area contributed by atoms with Crippen LogP contribution in [0.4, 0.5) is 14.6 Å². The molecule has 4 N–H and O–H groups in total. The molecule has 10 heteroatoms. The van der Waals surface area contributed by atoms with Crippen LogP contribution in [0.3, 0.4) is 0 Å². The van der Waals surface area contributed by atoms with Crippen LogP contribution in [-0.2, 0) is 4.79 Å². The molecule has 8 nitrogen and oxygen atoms in total. The third kappa shape index (κ3) is 4.48. The fraction of sp³-hybridized carbons (Fsp3) is 0.296. The summed E-state index contributed by atoms with van der Waals surface area (Å²) in [5.41, 5.74) is 12.8. The van der Waals surface area contributed by atoms with Crippen molar-refractivity contribution in [3.05, 3.63) is 59.7 Å². The van der Waals surface area contributed by atoms with Gasteiger partial charge in [-0.1, -0.05) is 5.92 Å². The zero-order chi connectivity index (χ0) is 26.3. The van der Waals surface area contributed by atoms with E-state index in [1.165, 1.54) is 6.07 Å². The first kappa shape index (κ1) is 24.3. The number of nitrogens with zero attached hydrogens (tertiary/aromatic N) is 3. The number of hydrogen-bond donors (Lipinski definition) is 2. The number of likely N-dealkylation sites (tertiary alicyclic amines) is 1. The first-order valence-electron chi connectivity index (χ1n) is 11.9. The summed E-state index contributed by atoms with van der Waals surface area (Å²) in [5, 5.41) is 4.64. The van der Waals surface area contributed by atoms with Crippen LogP contribution in [0.15, 0.2) is 42.5 Å². The van der Waals surface area contributed by atoms with Crippen molar-refractivity contribution in [2.45, 2.75) is 44.2 Å². The van der Waals surface area contributed by atoms with Gasteiger partial charge in [0.15, 0.2) is 11.6 Å². The Balaban J connectivity index is 1.43. The predicted octanol–water partition coefficient (Wildman–Crippen LogP) is 4.02. The van der Waals surface area contributed by atoms with E-state index in [0.717, 1.165) is 37.8 Å². The monoisotopic (exact) mass is 505 g/mol. The minimum atomic E-state index is -0.829. The fourth-order valence-electron chi connectivity index (χ4n) is 4.94. The van der Waals surface area contributed by atoms with Crippen LogP contribution in [0, 0.1) is 23.5 Å². The molecule has 190 valence electrons. The second-order valence-corrected chi connectivity index (χ2v) is 9.33. The van der Waals surface area contributed by atoms with E-state index in [0.29, 0.717) is 23.6 Å². The summed E-state index contributed by atoms with van der Waals surface area (Å²) in [6.07, 6.45) is 3.42. The van der Waals surface area contributed by atoms with Crippen LogP contribution >= 0.6 is 0 Å². The maximum Gasteiger partial charge on any atom is 0.298 e. The molecule has 1 aromatic heterocycles. The SMILES string of the molecule is CC#CC(=O)N1C[C@H](n2nc(-c3ccc(Oc4ccc(F)cc4F)cc3)c(C(N)=O)c2N)CCC12CC2. The van der Waals surface area contributed by atoms with Gasteiger partial charge >= 0.3 is 0 Å². The van der Waals surface area contributed by atoms with Crippen molar-refractivity contribution in [2.24, 2.45) is 5.73 Å². The lowest BCUT2D eigenvalue weighted by molar-refractivity contribution is -0.130. The number of nitrogen functional groups attached to an aromatic ring is 1. The van der Waals surface area contributed by atoms with Gasteiger partial charge in [-0.15, -0.1) is 0 Å². The summed E-state index contributed by atoms with van der Waals surface area (Å²) in [7, 11) is 0. The van der Waals surface area contributed by atoms with Crippen LogP contribution in [-0.4, -0.2) is 38.6 Å². The number of carbonyl (C=O) groups excluding carboxylic acids is 2. The number of halogens is 2. The zero-order valence-electron chi connectivity index (χ0n) is 20.1. The van der Waals surface area contributed by atoms with Crippen molar-refractivity contribution in [3.63, 3.8) is 0 Å². The van der Waals surface area contributed by atoms with Crippen molar-refractivity contribution in [3.8, 4) is 34.6 Å². The van der Waals surface area contributed by atoms with Crippen LogP contribution in [0.1, 0.15) is 49.0 Å². The Morgan fingerprint density at radius 1 is 1.14 bits per heavy atom. The number of piperidine rings is 1. The molecule has 1 saturated carbocycles. The molecule has 0 unspecified atom stereocenters. The highest BCUT2D eigenvalue weighted by atomic mass is 19.1. The average Bonchev–Trinajstić information content (AvgIpc) is 3.54. The number of anilines is 1. The van der Waals surface area contributed by atoms with E-state index < -0.39 is 17.5 Å². The van der Waals surface area contributed by atoms with Crippen molar-refractivity contribution < 1.29 is 23.1 Å². The van der Waals surface area contributed by atoms with Crippen molar-refractivity contribution in [1.82, 2.24) is 14.7 Å². The topological polar surface area (TPSA) is 116 Å². The first-order chi connectivity index (χ1) is 17.7. The molecule has 2 amide bonds. The molecule has 1 atom stereocenters. The van der Waals surface area contributed by atoms with E-state index in [9.17, 15) is 18.4 Å². The summed E-state index contributed by atoms with van der Waals surface area (Å²) >= 11 is 0. The van der Waals surface area contributed by atoms with E-state index in [-0.39, 0.29) is 34.6 Å². The lowest BCUT2D eigenvalue weighted by Crippen LogP contribution is -2.49. The Morgan fingerprint density at radius 3 is 2.49 bits per heavy atom. The lowest BCUT2D eigenvalue weighted by Gasteiger charge is -2.39. The number of nitrogens with two attached hydrogens (primary N) is 2. The molecular weight excluding hydrogens is 480 g/mol. The number of carbonyl (C=O) groups is 2. The van der Waals surface area contributed by atoms with Gasteiger partial charge in [-0.05, 0) is 74.9 Å². The van der Waals surface area contributed by atoms with E-state index in [4.69, 9.17) is 16.2 Å². The van der Waals surface area contributed by atoms with Crippen molar-refractivity contribution in [2.75, 3.05) is 12.3 Å². The van der Waals surface area contributed by atoms with Crippen LogP contribution < -0.4 is 16.2 Å². The van der Waals surface area contributed by atoms with Gasteiger partial charge in [0, 0.05) is 23.7 Å². The number of hydrogen-bond acceptors (Lipinski definition) is 5. The molecule has 5 rings (SSSR count). The molecule has 37 heavy (non-hydrogen) atoms. The Kier molecular flexibility index (Phi) is 6.07. The Hall–Kier alpha value is -4.39. The maximum absolute atomic E-state index is 13.9. The molecule has 1 aliphatic heterocycles. The second kappa shape index (κ2) is 9.24. The quantitative estimate of drug-likeness (QED) is 0.508. The van der Waals surface area contributed by atoms with Gasteiger partial charge in [-0.3, -0.25) is 9.59 Å². The summed E-state index contributed by atoms with van der Waals surface area (Å²) in [6, 6.07) is 9.20. The zero-order valence-corrected chi connectivity index (χ0v) is 20.1. The fourth-order valence-corrected chi connectivity index (χ4v) is 4.94. The molecule has 0 radical (unpaired) electrons. The normalized spacial score (nSPS) is 17.7. The van der Waals surface area contributed by atoms with Crippen molar-refractivity contribution in [1.29, 1.82) is 0 Å². The minimum Gasteiger partial charge on any atom is -0.454 e. The van der Waals surface area contributed by atoms with E-state index >= 15 is 0 Å². The van der Waals surface area contributed by atoms with Gasteiger partial charge in [-0.25, -0.2) is 13.5 Å². The molecule has 0 bridgehead atoms. The van der Waals surface area contributed by atoms with Crippen LogP contribution in [0.5, 0.6) is 11.5 Å². The maximum atomic E-state index is 13.9. The molecule has 3 aromatic rings. The summed E-state index contributed by atoms with van der Waals surface area (Å²) < 4.78 is 34.2. The molecule has 2 heterocycles. The number of benzene rings is 2. The Bertz CT molecular complexity index is 1450. The van der Waals surface area contributed by atoms with Gasteiger partial charge in [0.25, 0.3) is 11.8 Å². The Morgan fingerprint density at radius 2 is 1.86 bits per heavy atom. The number of rotatable bonds is 5. The van der Waals surface area contributed by atoms with Crippen LogP contribution in [0.2, 0.25) is 0 Å². The summed E-state index contributed by atoms with van der Waals surface area (Å²) in [5.74, 6) is 3.12. The molecule has 2 aliphatic rings. The average molecular weight is 506 g/mol. The van der Waals surface area contributed by atoms with Gasteiger partial charge in [0.2, 0.25) is 0 Å². The standard InChI is InChI=1S/C27H25F2N5O3/c1-2-3-22(35)33-15-18(10-11-27(33)12-13-27)34-25(30)23(26(31)36)24(32-34)16-4-7-19(8-5-16)37-21-9-6-17(28)14-20(21)29/h4-9,14,18H,10-13,15,30H2,1H3,(H2,31,36)/t18-/m1/s1. The summed E-state index contributed by atoms with van der Waals surface area (Å²) in [6.45, 7) is 2.01. The highest BCUT2D eigenvalue weighted by Gasteiger charge is 2.53. The minimum absolute atomic E-state index is 0.0798. The molecule has 2 aromatic carbocycles. The predicted molar refractivity (Wildman–Crippen MR) is 132 cm³/mol. The highest BCUT2D eigenvalue weighted by Crippen LogP contribution is 2.50.